The third kappa shape index (κ3) is 3.52. The van der Waals surface area contributed by atoms with Crippen LogP contribution >= 0.6 is 0 Å². The molecule has 1 unspecified atom stereocenters. The Morgan fingerprint density at radius 3 is 2.87 bits per heavy atom. The van der Waals surface area contributed by atoms with Gasteiger partial charge in [-0.3, -0.25) is 4.79 Å². The van der Waals surface area contributed by atoms with E-state index in [0.717, 1.165) is 47.4 Å². The predicted molar refractivity (Wildman–Crippen MR) is 124 cm³/mol. The van der Waals surface area contributed by atoms with Crippen LogP contribution in [0.4, 0.5) is 17.5 Å². The van der Waals surface area contributed by atoms with Crippen molar-refractivity contribution in [1.82, 2.24) is 15.0 Å². The number of rotatable bonds is 5. The molecule has 2 N–H and O–H groups in total. The highest BCUT2D eigenvalue weighted by Gasteiger charge is 2.41. The number of hydrazone groups is 1. The Morgan fingerprint density at radius 2 is 2.10 bits per heavy atom. The summed E-state index contributed by atoms with van der Waals surface area (Å²) < 4.78 is 0. The van der Waals surface area contributed by atoms with Crippen LogP contribution in [0, 0.1) is 0 Å². The summed E-state index contributed by atoms with van der Waals surface area (Å²) in [6, 6.07) is 10.3. The van der Waals surface area contributed by atoms with Crippen LogP contribution in [-0.2, 0) is 4.79 Å². The predicted octanol–water partition coefficient (Wildman–Crippen LogP) is 3.91. The normalized spacial score (nSPS) is 19.5. The Bertz CT molecular complexity index is 1100. The zero-order chi connectivity index (χ0) is 21.4. The Morgan fingerprint density at radius 1 is 1.29 bits per heavy atom. The topological polar surface area (TPSA) is 89.5 Å². The fourth-order valence-electron chi connectivity index (χ4n) is 4.76. The first-order chi connectivity index (χ1) is 15.2. The number of fused-ring (bicyclic) bond motifs is 2. The second-order valence-electron chi connectivity index (χ2n) is 8.25. The van der Waals surface area contributed by atoms with E-state index < -0.39 is 0 Å². The number of amides is 1. The van der Waals surface area contributed by atoms with Gasteiger partial charge in [-0.15, -0.1) is 0 Å². The van der Waals surface area contributed by atoms with Crippen LogP contribution in [0.25, 0.3) is 10.9 Å². The van der Waals surface area contributed by atoms with Gasteiger partial charge in [0.05, 0.1) is 18.1 Å². The van der Waals surface area contributed by atoms with Crippen molar-refractivity contribution in [1.29, 1.82) is 0 Å². The van der Waals surface area contributed by atoms with E-state index in [9.17, 15) is 4.79 Å². The van der Waals surface area contributed by atoms with Crippen LogP contribution in [0.3, 0.4) is 0 Å². The van der Waals surface area contributed by atoms with Gasteiger partial charge in [0.15, 0.2) is 5.82 Å². The van der Waals surface area contributed by atoms with Crippen LogP contribution in [0.2, 0.25) is 0 Å². The van der Waals surface area contributed by atoms with E-state index in [1.54, 1.807) is 24.4 Å². The number of carbonyl (C=O) groups excluding carboxylic acids is 1. The second kappa shape index (κ2) is 8.02. The number of H-pyrrole nitrogens is 1. The average molecular weight is 418 g/mol. The second-order valence-corrected chi connectivity index (χ2v) is 8.25. The zero-order valence-electron chi connectivity index (χ0n) is 17.9. The summed E-state index contributed by atoms with van der Waals surface area (Å²) in [6.07, 6.45) is 8.78. The fraction of sp³-hybridized carbons (Fsp3) is 0.391. The largest absolute Gasteiger partial charge is 0.354 e. The van der Waals surface area contributed by atoms with E-state index in [1.165, 1.54) is 12.8 Å². The number of hydrogen-bond acceptors (Lipinski definition) is 6. The average Bonchev–Trinajstić information content (AvgIpc) is 3.45. The van der Waals surface area contributed by atoms with E-state index in [4.69, 9.17) is 4.98 Å². The third-order valence-electron chi connectivity index (χ3n) is 6.33. The molecule has 3 aromatic rings. The van der Waals surface area contributed by atoms with E-state index in [-0.39, 0.29) is 11.9 Å². The van der Waals surface area contributed by atoms with Gasteiger partial charge in [0.25, 0.3) is 0 Å². The lowest BCUT2D eigenvalue weighted by Gasteiger charge is -2.43. The molecule has 2 aliphatic rings. The van der Waals surface area contributed by atoms with Crippen molar-refractivity contribution in [3.63, 3.8) is 0 Å². The van der Waals surface area contributed by atoms with Crippen molar-refractivity contribution in [2.75, 3.05) is 22.3 Å². The van der Waals surface area contributed by atoms with Crippen molar-refractivity contribution < 1.29 is 4.79 Å². The minimum Gasteiger partial charge on any atom is -0.354 e. The third-order valence-corrected chi connectivity index (χ3v) is 6.33. The van der Waals surface area contributed by atoms with Gasteiger partial charge < -0.3 is 14.8 Å². The highest BCUT2D eigenvalue weighted by atomic mass is 16.2. The lowest BCUT2D eigenvalue weighted by molar-refractivity contribution is -0.120. The summed E-state index contributed by atoms with van der Waals surface area (Å²) in [5, 5.41) is 5.46. The molecule has 2 aromatic heterocycles. The number of hydrogen-bond donors (Lipinski definition) is 2. The summed E-state index contributed by atoms with van der Waals surface area (Å²) in [4.78, 5) is 29.4. The quantitative estimate of drug-likeness (QED) is 0.485. The molecule has 1 amide bonds. The van der Waals surface area contributed by atoms with Gasteiger partial charge in [0, 0.05) is 24.0 Å². The lowest BCUT2D eigenvalue weighted by Crippen LogP contribution is -2.55. The van der Waals surface area contributed by atoms with Gasteiger partial charge in [0.1, 0.15) is 11.7 Å². The number of nitrogens with zero attached hydrogens (tertiary/aromatic N) is 5. The summed E-state index contributed by atoms with van der Waals surface area (Å²) in [6.45, 7) is 2.06. The highest BCUT2D eigenvalue weighted by Crippen LogP contribution is 2.39. The van der Waals surface area contributed by atoms with Gasteiger partial charge >= 0.3 is 0 Å². The van der Waals surface area contributed by atoms with Gasteiger partial charge in [0.2, 0.25) is 11.9 Å². The smallest absolute Gasteiger partial charge is 0.249 e. The summed E-state index contributed by atoms with van der Waals surface area (Å²) in [5.74, 6) is 1.36. The Kier molecular flexibility index (Phi) is 5.05. The molecule has 0 radical (unpaired) electrons. The van der Waals surface area contributed by atoms with Gasteiger partial charge in [-0.25, -0.2) is 10.4 Å². The minimum atomic E-state index is -0.182. The zero-order valence-corrected chi connectivity index (χ0v) is 17.9. The van der Waals surface area contributed by atoms with Gasteiger partial charge in [-0.05, 0) is 31.4 Å². The summed E-state index contributed by atoms with van der Waals surface area (Å²) >= 11 is 0. The van der Waals surface area contributed by atoms with Crippen molar-refractivity contribution in [2.24, 2.45) is 5.10 Å². The maximum atomic E-state index is 13.0. The van der Waals surface area contributed by atoms with Crippen molar-refractivity contribution in [3.05, 3.63) is 42.2 Å². The molecule has 1 atom stereocenters. The molecule has 1 aliphatic carbocycles. The van der Waals surface area contributed by atoms with Crippen molar-refractivity contribution in [3.8, 4) is 0 Å². The molecular weight excluding hydrogens is 390 g/mol. The molecule has 0 saturated heterocycles. The van der Waals surface area contributed by atoms with Gasteiger partial charge in [-0.1, -0.05) is 38.0 Å². The lowest BCUT2D eigenvalue weighted by atomic mass is 10.0. The Labute approximate surface area is 181 Å². The highest BCUT2D eigenvalue weighted by molar-refractivity contribution is 6.04. The Hall–Kier alpha value is -3.42. The molecule has 1 saturated carbocycles. The Balaban J connectivity index is 1.42. The number of para-hydroxylation sites is 1. The molecular formula is C23H27N7O. The summed E-state index contributed by atoms with van der Waals surface area (Å²) in [5.41, 5.74) is 5.68. The van der Waals surface area contributed by atoms with E-state index in [0.29, 0.717) is 12.0 Å². The molecule has 1 aliphatic heterocycles. The van der Waals surface area contributed by atoms with Gasteiger partial charge in [-0.2, -0.15) is 10.1 Å². The minimum absolute atomic E-state index is 0.114. The molecule has 5 rings (SSSR count). The molecule has 31 heavy (non-hydrogen) atoms. The number of anilines is 3. The molecule has 160 valence electrons. The number of benzene rings is 1. The van der Waals surface area contributed by atoms with Crippen LogP contribution < -0.4 is 15.2 Å². The van der Waals surface area contributed by atoms with E-state index in [2.05, 4.69) is 38.4 Å². The van der Waals surface area contributed by atoms with Crippen LogP contribution in [0.15, 0.2) is 41.6 Å². The molecule has 1 aromatic carbocycles. The van der Waals surface area contributed by atoms with Crippen molar-refractivity contribution >= 4 is 40.5 Å². The monoisotopic (exact) mass is 417 g/mol. The van der Waals surface area contributed by atoms with E-state index in [1.807, 2.05) is 24.3 Å². The number of likely N-dealkylation sites (N-methyl/N-ethyl adjacent to an activating group) is 1. The first kappa shape index (κ1) is 19.5. The number of aromatic amines is 1. The molecule has 0 bridgehead atoms. The molecule has 8 heteroatoms. The van der Waals surface area contributed by atoms with Crippen LogP contribution in [0.5, 0.6) is 0 Å². The molecule has 3 heterocycles. The molecule has 8 nitrogen and oxygen atoms in total. The summed E-state index contributed by atoms with van der Waals surface area (Å²) in [7, 11) is 1.81. The fourth-order valence-corrected chi connectivity index (χ4v) is 4.76. The number of aromatic nitrogens is 3. The first-order valence-corrected chi connectivity index (χ1v) is 11.0. The maximum Gasteiger partial charge on any atom is 0.249 e. The SMILES string of the molecule is CCC1C(=O)N(C)c2cnc(N/N=C/c3cc4ccccc4[nH]3)nc2N1C1CCCC1. The van der Waals surface area contributed by atoms with Crippen molar-refractivity contribution in [2.45, 2.75) is 51.1 Å². The van der Waals surface area contributed by atoms with Crippen LogP contribution in [-0.4, -0.2) is 46.2 Å². The van der Waals surface area contributed by atoms with Crippen LogP contribution in [0.1, 0.15) is 44.7 Å². The standard InChI is InChI=1S/C23H27N7O/c1-3-19-22(31)29(2)20-14-24-23(27-21(20)30(19)17-9-5-6-10-17)28-25-13-16-12-15-8-4-7-11-18(15)26-16/h4,7-8,11-14,17,19,26H,3,5-6,9-10H2,1-2H3,(H,24,27,28)/b25-13+. The first-order valence-electron chi connectivity index (χ1n) is 11.0. The number of carbonyl (C=O) groups is 1. The molecule has 0 spiro atoms. The maximum absolute atomic E-state index is 13.0. The number of nitrogens with one attached hydrogen (secondary N) is 2. The molecule has 1 fully saturated rings. The van der Waals surface area contributed by atoms with E-state index >= 15 is 0 Å².